The van der Waals surface area contributed by atoms with E-state index < -0.39 is 0 Å². The first kappa shape index (κ1) is 19.9. The van der Waals surface area contributed by atoms with Crippen LogP contribution in [0.25, 0.3) is 11.0 Å². The van der Waals surface area contributed by atoms with Gasteiger partial charge in [-0.3, -0.25) is 9.78 Å². The van der Waals surface area contributed by atoms with Gasteiger partial charge in [0.1, 0.15) is 23.9 Å². The second-order valence-corrected chi connectivity index (χ2v) is 7.08. The van der Waals surface area contributed by atoms with E-state index in [0.717, 1.165) is 16.9 Å². The molecule has 152 valence electrons. The Morgan fingerprint density at radius 3 is 2.67 bits per heavy atom. The minimum absolute atomic E-state index is 0.194. The molecule has 1 N–H and O–H groups in total. The molecule has 7 heteroatoms. The maximum atomic E-state index is 12.2. The molecule has 0 saturated carbocycles. The summed E-state index contributed by atoms with van der Waals surface area (Å²) in [4.78, 5) is 21.0. The number of carbonyl (C=O) groups is 1. The van der Waals surface area contributed by atoms with Crippen molar-refractivity contribution in [1.82, 2.24) is 19.9 Å². The summed E-state index contributed by atoms with van der Waals surface area (Å²) < 4.78 is 7.98. The van der Waals surface area contributed by atoms with Crippen molar-refractivity contribution in [2.24, 2.45) is 0 Å². The van der Waals surface area contributed by atoms with Gasteiger partial charge in [0.15, 0.2) is 0 Å². The van der Waals surface area contributed by atoms with Crippen LogP contribution >= 0.6 is 11.6 Å². The van der Waals surface area contributed by atoms with Crippen molar-refractivity contribution in [3.63, 3.8) is 0 Å². The van der Waals surface area contributed by atoms with Crippen LogP contribution in [-0.4, -0.2) is 33.6 Å². The molecule has 2 heterocycles. The summed E-state index contributed by atoms with van der Waals surface area (Å²) in [6.45, 7) is 1.54. The fourth-order valence-corrected chi connectivity index (χ4v) is 3.44. The van der Waals surface area contributed by atoms with Crippen molar-refractivity contribution < 1.29 is 9.53 Å². The average Bonchev–Trinajstić information content (AvgIpc) is 3.13. The predicted molar refractivity (Wildman–Crippen MR) is 117 cm³/mol. The highest BCUT2D eigenvalue weighted by molar-refractivity contribution is 6.32. The summed E-state index contributed by atoms with van der Waals surface area (Å²) in [5, 5.41) is 3.49. The number of ether oxygens (including phenoxy) is 1. The normalized spacial score (nSPS) is 10.8. The first-order valence-corrected chi connectivity index (χ1v) is 10.1. The van der Waals surface area contributed by atoms with Crippen molar-refractivity contribution in [2.75, 3.05) is 13.2 Å². The molecule has 2 aromatic carbocycles. The van der Waals surface area contributed by atoms with Gasteiger partial charge in [-0.25, -0.2) is 4.98 Å². The number of halogens is 1. The third kappa shape index (κ3) is 4.60. The van der Waals surface area contributed by atoms with Gasteiger partial charge in [-0.1, -0.05) is 41.9 Å². The standard InChI is InChI=1S/C23H21ClN4O2/c24-17-7-1-4-11-21(17)30-16-15-28-20-10-3-2-8-18(20)27-22(28)12-14-26-23(29)19-9-5-6-13-25-19/h1-11,13H,12,14-16H2,(H,26,29). The second kappa shape index (κ2) is 9.41. The Morgan fingerprint density at radius 1 is 1.03 bits per heavy atom. The van der Waals surface area contributed by atoms with Crippen molar-refractivity contribution in [3.8, 4) is 5.75 Å². The number of nitrogens with zero attached hydrogens (tertiary/aromatic N) is 3. The molecule has 0 radical (unpaired) electrons. The number of amides is 1. The number of fused-ring (bicyclic) bond motifs is 1. The van der Waals surface area contributed by atoms with Crippen molar-refractivity contribution in [3.05, 3.63) is 89.5 Å². The van der Waals surface area contributed by atoms with Gasteiger partial charge < -0.3 is 14.6 Å². The van der Waals surface area contributed by atoms with E-state index in [4.69, 9.17) is 21.3 Å². The number of para-hydroxylation sites is 3. The van der Waals surface area contributed by atoms with Gasteiger partial charge in [0.05, 0.1) is 22.6 Å². The Morgan fingerprint density at radius 2 is 1.83 bits per heavy atom. The van der Waals surface area contributed by atoms with Gasteiger partial charge in [-0.2, -0.15) is 0 Å². The first-order valence-electron chi connectivity index (χ1n) is 9.73. The van der Waals surface area contributed by atoms with Crippen LogP contribution in [0.2, 0.25) is 5.02 Å². The lowest BCUT2D eigenvalue weighted by Crippen LogP contribution is -2.27. The predicted octanol–water partition coefficient (Wildman–Crippen LogP) is 4.14. The number of pyridine rings is 1. The lowest BCUT2D eigenvalue weighted by atomic mass is 10.3. The lowest BCUT2D eigenvalue weighted by molar-refractivity contribution is 0.0949. The molecule has 0 atom stereocenters. The summed E-state index contributed by atoms with van der Waals surface area (Å²) >= 11 is 6.17. The van der Waals surface area contributed by atoms with Crippen LogP contribution in [0.5, 0.6) is 5.75 Å². The van der Waals surface area contributed by atoms with E-state index in [1.807, 2.05) is 42.5 Å². The molecule has 0 fully saturated rings. The smallest absolute Gasteiger partial charge is 0.269 e. The van der Waals surface area contributed by atoms with E-state index in [1.165, 1.54) is 0 Å². The van der Waals surface area contributed by atoms with Crippen LogP contribution in [0.15, 0.2) is 72.9 Å². The van der Waals surface area contributed by atoms with Crippen molar-refractivity contribution in [2.45, 2.75) is 13.0 Å². The minimum Gasteiger partial charge on any atom is -0.490 e. The average molecular weight is 421 g/mol. The fourth-order valence-electron chi connectivity index (χ4n) is 3.25. The number of carbonyl (C=O) groups excluding carboxylic acids is 1. The summed E-state index contributed by atoms with van der Waals surface area (Å²) in [6, 6.07) is 20.7. The first-order chi connectivity index (χ1) is 14.7. The molecule has 6 nitrogen and oxygen atoms in total. The van der Waals surface area contributed by atoms with Gasteiger partial charge >= 0.3 is 0 Å². The third-order valence-electron chi connectivity index (χ3n) is 4.67. The Bertz CT molecular complexity index is 1140. The number of aromatic nitrogens is 3. The Labute approximate surface area is 179 Å². The van der Waals surface area contributed by atoms with Crippen LogP contribution in [-0.2, 0) is 13.0 Å². The molecular weight excluding hydrogens is 400 g/mol. The number of imidazole rings is 1. The van der Waals surface area contributed by atoms with E-state index in [-0.39, 0.29) is 5.91 Å². The molecule has 0 aliphatic heterocycles. The third-order valence-corrected chi connectivity index (χ3v) is 4.99. The molecule has 0 unspecified atom stereocenters. The fraction of sp³-hybridized carbons (Fsp3) is 0.174. The number of benzene rings is 2. The zero-order valence-corrected chi connectivity index (χ0v) is 17.0. The van der Waals surface area contributed by atoms with Gasteiger partial charge in [0, 0.05) is 19.2 Å². The summed E-state index contributed by atoms with van der Waals surface area (Å²) in [6.07, 6.45) is 2.20. The molecule has 0 spiro atoms. The monoisotopic (exact) mass is 420 g/mol. The quantitative estimate of drug-likeness (QED) is 0.465. The lowest BCUT2D eigenvalue weighted by Gasteiger charge is -2.12. The topological polar surface area (TPSA) is 69.0 Å². The van der Waals surface area contributed by atoms with Crippen molar-refractivity contribution in [1.29, 1.82) is 0 Å². The molecule has 0 bridgehead atoms. The highest BCUT2D eigenvalue weighted by Crippen LogP contribution is 2.23. The van der Waals surface area contributed by atoms with Gasteiger partial charge in [-0.05, 0) is 36.4 Å². The van der Waals surface area contributed by atoms with E-state index >= 15 is 0 Å². The maximum absolute atomic E-state index is 12.2. The molecule has 0 aliphatic rings. The van der Waals surface area contributed by atoms with Crippen LogP contribution < -0.4 is 10.1 Å². The van der Waals surface area contributed by atoms with E-state index in [2.05, 4.69) is 14.9 Å². The number of hydrogen-bond acceptors (Lipinski definition) is 4. The maximum Gasteiger partial charge on any atom is 0.269 e. The second-order valence-electron chi connectivity index (χ2n) is 6.67. The summed E-state index contributed by atoms with van der Waals surface area (Å²) in [7, 11) is 0. The highest BCUT2D eigenvalue weighted by atomic mass is 35.5. The van der Waals surface area contributed by atoms with Gasteiger partial charge in [-0.15, -0.1) is 0 Å². The van der Waals surface area contributed by atoms with Crippen LogP contribution in [0.1, 0.15) is 16.3 Å². The highest BCUT2D eigenvalue weighted by Gasteiger charge is 2.12. The zero-order chi connectivity index (χ0) is 20.8. The number of nitrogens with one attached hydrogen (secondary N) is 1. The Balaban J connectivity index is 1.43. The van der Waals surface area contributed by atoms with E-state index in [0.29, 0.717) is 42.6 Å². The molecular formula is C23H21ClN4O2. The molecule has 30 heavy (non-hydrogen) atoms. The molecule has 0 saturated heterocycles. The Kier molecular flexibility index (Phi) is 6.25. The minimum atomic E-state index is -0.194. The largest absolute Gasteiger partial charge is 0.490 e. The SMILES string of the molecule is O=C(NCCc1nc2ccccc2n1CCOc1ccccc1Cl)c1ccccn1. The Hall–Kier alpha value is -3.38. The number of hydrogen-bond donors (Lipinski definition) is 1. The van der Waals surface area contributed by atoms with E-state index in [9.17, 15) is 4.79 Å². The molecule has 0 aliphatic carbocycles. The van der Waals surface area contributed by atoms with Crippen molar-refractivity contribution >= 4 is 28.5 Å². The molecule has 4 aromatic rings. The summed E-state index contributed by atoms with van der Waals surface area (Å²) in [5.74, 6) is 1.35. The molecule has 1 amide bonds. The zero-order valence-electron chi connectivity index (χ0n) is 16.3. The van der Waals surface area contributed by atoms with Gasteiger partial charge in [0.25, 0.3) is 5.91 Å². The molecule has 2 aromatic heterocycles. The summed E-state index contributed by atoms with van der Waals surface area (Å²) in [5.41, 5.74) is 2.35. The van der Waals surface area contributed by atoms with Crippen LogP contribution in [0, 0.1) is 0 Å². The van der Waals surface area contributed by atoms with Crippen LogP contribution in [0.3, 0.4) is 0 Å². The van der Waals surface area contributed by atoms with Crippen LogP contribution in [0.4, 0.5) is 0 Å². The van der Waals surface area contributed by atoms with Gasteiger partial charge in [0.2, 0.25) is 0 Å². The number of rotatable bonds is 8. The molecule has 4 rings (SSSR count). The van der Waals surface area contributed by atoms with E-state index in [1.54, 1.807) is 30.5 Å².